The van der Waals surface area contributed by atoms with Gasteiger partial charge in [-0.2, -0.15) is 0 Å². The van der Waals surface area contributed by atoms with Gasteiger partial charge in [-0.15, -0.1) is 5.10 Å². The average Bonchev–Trinajstić information content (AvgIpc) is 3.02. The van der Waals surface area contributed by atoms with Crippen LogP contribution in [-0.2, 0) is 6.54 Å². The molecule has 0 spiro atoms. The van der Waals surface area contributed by atoms with Gasteiger partial charge in [0.15, 0.2) is 5.65 Å². The van der Waals surface area contributed by atoms with E-state index in [0.717, 1.165) is 37.9 Å². The Morgan fingerprint density at radius 1 is 1.23 bits per heavy atom. The molecule has 0 atom stereocenters. The highest BCUT2D eigenvalue weighted by molar-refractivity contribution is 9.10. The van der Waals surface area contributed by atoms with Crippen LogP contribution in [-0.4, -0.2) is 32.3 Å². The molecule has 0 amide bonds. The summed E-state index contributed by atoms with van der Waals surface area (Å²) in [5.41, 5.74) is 7.96. The number of aryl methyl sites for hydroxylation is 1. The molecule has 0 saturated carbocycles. The molecule has 1 saturated heterocycles. The molecule has 0 aliphatic carbocycles. The zero-order valence-electron chi connectivity index (χ0n) is 14.4. The largest absolute Gasteiger partial charge is 0.369 e. The van der Waals surface area contributed by atoms with Gasteiger partial charge in [0, 0.05) is 12.1 Å². The first-order valence-electron chi connectivity index (χ1n) is 8.86. The Hall–Kier alpha value is -2.19. The fourth-order valence-corrected chi connectivity index (χ4v) is 4.06. The van der Waals surface area contributed by atoms with Gasteiger partial charge < -0.3 is 11.1 Å². The second-order valence-corrected chi connectivity index (χ2v) is 7.44. The second kappa shape index (κ2) is 7.20. The molecule has 3 N–H and O–H groups in total. The average molecular weight is 417 g/mol. The number of aromatic nitrogens is 4. The molecule has 3 heterocycles. The van der Waals surface area contributed by atoms with Crippen molar-refractivity contribution in [2.24, 2.45) is 5.92 Å². The topological polar surface area (TPSA) is 90.2 Å². The van der Waals surface area contributed by atoms with Crippen LogP contribution in [0.1, 0.15) is 19.3 Å². The number of benzene rings is 1. The lowest BCUT2D eigenvalue weighted by Crippen LogP contribution is -2.29. The quantitative estimate of drug-likeness (QED) is 0.680. The molecule has 136 valence electrons. The summed E-state index contributed by atoms with van der Waals surface area (Å²) >= 11 is 3.57. The van der Waals surface area contributed by atoms with Crippen LogP contribution in [0.2, 0.25) is 0 Å². The molecule has 4 rings (SSSR count). The van der Waals surface area contributed by atoms with Crippen LogP contribution in [0, 0.1) is 5.92 Å². The van der Waals surface area contributed by atoms with Gasteiger partial charge in [-0.05, 0) is 54.2 Å². The molecule has 0 radical (unpaired) electrons. The van der Waals surface area contributed by atoms with Gasteiger partial charge in [0.2, 0.25) is 5.95 Å². The number of fused-ring (bicyclic) bond motifs is 1. The predicted octanol–water partition coefficient (Wildman–Crippen LogP) is 2.29. The molecule has 0 unspecified atom stereocenters. The third kappa shape index (κ3) is 3.14. The molecular formula is C18H21BrN6O. The van der Waals surface area contributed by atoms with Crippen LogP contribution in [0.5, 0.6) is 0 Å². The zero-order valence-corrected chi connectivity index (χ0v) is 15.9. The van der Waals surface area contributed by atoms with Crippen LogP contribution in [0.25, 0.3) is 16.9 Å². The molecule has 1 aromatic carbocycles. The van der Waals surface area contributed by atoms with Gasteiger partial charge in [0.25, 0.3) is 0 Å². The number of piperidine rings is 1. The van der Waals surface area contributed by atoms with Crippen molar-refractivity contribution in [1.29, 1.82) is 0 Å². The molecule has 26 heavy (non-hydrogen) atoms. The molecule has 3 aromatic rings. The lowest BCUT2D eigenvalue weighted by Gasteiger charge is -2.21. The van der Waals surface area contributed by atoms with Crippen molar-refractivity contribution in [1.82, 2.24) is 24.5 Å². The Kier molecular flexibility index (Phi) is 4.78. The van der Waals surface area contributed by atoms with E-state index in [0.29, 0.717) is 28.3 Å². The molecule has 1 aliphatic rings. The number of hydrogen-bond donors (Lipinski definition) is 2. The van der Waals surface area contributed by atoms with Crippen LogP contribution in [0.3, 0.4) is 0 Å². The first kappa shape index (κ1) is 17.2. The molecular weight excluding hydrogens is 396 g/mol. The maximum atomic E-state index is 12.7. The van der Waals surface area contributed by atoms with E-state index in [4.69, 9.17) is 5.73 Å². The monoisotopic (exact) mass is 416 g/mol. The Bertz CT molecular complexity index is 975. The Morgan fingerprint density at radius 2 is 1.96 bits per heavy atom. The third-order valence-electron chi connectivity index (χ3n) is 4.95. The van der Waals surface area contributed by atoms with Crippen molar-refractivity contribution in [3.8, 4) is 11.3 Å². The van der Waals surface area contributed by atoms with Crippen LogP contribution >= 0.6 is 15.9 Å². The van der Waals surface area contributed by atoms with Crippen molar-refractivity contribution in [2.45, 2.75) is 25.8 Å². The van der Waals surface area contributed by atoms with E-state index in [1.54, 1.807) is 0 Å². The highest BCUT2D eigenvalue weighted by Gasteiger charge is 2.19. The van der Waals surface area contributed by atoms with E-state index < -0.39 is 0 Å². The Balaban J connectivity index is 1.71. The van der Waals surface area contributed by atoms with E-state index >= 15 is 0 Å². The van der Waals surface area contributed by atoms with Crippen LogP contribution in [0.15, 0.2) is 39.6 Å². The molecule has 1 aliphatic heterocycles. The summed E-state index contributed by atoms with van der Waals surface area (Å²) in [6.45, 7) is 2.69. The van der Waals surface area contributed by atoms with Crippen molar-refractivity contribution in [3.05, 3.63) is 45.3 Å². The molecule has 1 fully saturated rings. The SMILES string of the molecule is Nc1nc(-c2ccccc2)c(Br)c2nn(CCC3CCNCC3)c(=O)n12. The fraction of sp³-hybridized carbons (Fsp3) is 0.389. The Labute approximate surface area is 159 Å². The maximum Gasteiger partial charge on any atom is 0.353 e. The number of rotatable bonds is 4. The predicted molar refractivity (Wildman–Crippen MR) is 105 cm³/mol. The number of hydrogen-bond acceptors (Lipinski definition) is 5. The highest BCUT2D eigenvalue weighted by Crippen LogP contribution is 2.29. The highest BCUT2D eigenvalue weighted by atomic mass is 79.9. The van der Waals surface area contributed by atoms with E-state index in [9.17, 15) is 4.79 Å². The number of nitrogens with two attached hydrogens (primary N) is 1. The number of nitrogens with one attached hydrogen (secondary N) is 1. The van der Waals surface area contributed by atoms with Gasteiger partial charge in [0.1, 0.15) is 0 Å². The number of halogens is 1. The first-order chi connectivity index (χ1) is 12.6. The lowest BCUT2D eigenvalue weighted by molar-refractivity contribution is 0.330. The minimum absolute atomic E-state index is 0.153. The summed E-state index contributed by atoms with van der Waals surface area (Å²) in [7, 11) is 0. The normalized spacial score (nSPS) is 15.6. The summed E-state index contributed by atoms with van der Waals surface area (Å²) in [6.07, 6.45) is 3.24. The van der Waals surface area contributed by atoms with Gasteiger partial charge in [-0.3, -0.25) is 0 Å². The summed E-state index contributed by atoms with van der Waals surface area (Å²) in [5.74, 6) is 0.784. The number of anilines is 1. The van der Waals surface area contributed by atoms with Crippen molar-refractivity contribution >= 4 is 27.5 Å². The summed E-state index contributed by atoms with van der Waals surface area (Å²) in [6, 6.07) is 9.73. The minimum Gasteiger partial charge on any atom is -0.369 e. The summed E-state index contributed by atoms with van der Waals surface area (Å²) in [4.78, 5) is 17.2. The molecule has 2 aromatic heterocycles. The van der Waals surface area contributed by atoms with E-state index in [2.05, 4.69) is 31.3 Å². The van der Waals surface area contributed by atoms with Gasteiger partial charge >= 0.3 is 5.69 Å². The van der Waals surface area contributed by atoms with Crippen molar-refractivity contribution in [2.75, 3.05) is 18.8 Å². The van der Waals surface area contributed by atoms with E-state index in [1.807, 2.05) is 30.3 Å². The van der Waals surface area contributed by atoms with Crippen LogP contribution in [0.4, 0.5) is 5.95 Å². The van der Waals surface area contributed by atoms with Crippen LogP contribution < -0.4 is 16.7 Å². The minimum atomic E-state index is -0.237. The summed E-state index contributed by atoms with van der Waals surface area (Å²) in [5, 5.41) is 7.89. The van der Waals surface area contributed by atoms with Gasteiger partial charge in [-0.1, -0.05) is 30.3 Å². The lowest BCUT2D eigenvalue weighted by atomic mass is 9.95. The second-order valence-electron chi connectivity index (χ2n) is 6.65. The number of nitrogens with zero attached hydrogens (tertiary/aromatic N) is 4. The summed E-state index contributed by atoms with van der Waals surface area (Å²) < 4.78 is 3.56. The maximum absolute atomic E-state index is 12.7. The third-order valence-corrected chi connectivity index (χ3v) is 5.68. The number of nitrogen functional groups attached to an aromatic ring is 1. The van der Waals surface area contributed by atoms with E-state index in [-0.39, 0.29) is 11.6 Å². The standard InChI is InChI=1S/C18H21BrN6O/c19-14-15(13-4-2-1-3-5-13)22-17(20)25-16(14)23-24(18(25)26)11-8-12-6-9-21-10-7-12/h1-5,12,21H,6-11H2,(H2,20,22). The fourth-order valence-electron chi connectivity index (χ4n) is 3.48. The van der Waals surface area contributed by atoms with Crippen molar-refractivity contribution < 1.29 is 0 Å². The zero-order chi connectivity index (χ0) is 18.1. The molecule has 0 bridgehead atoms. The van der Waals surface area contributed by atoms with Gasteiger partial charge in [0.05, 0.1) is 10.2 Å². The van der Waals surface area contributed by atoms with E-state index in [1.165, 1.54) is 9.08 Å². The molecule has 7 nitrogen and oxygen atoms in total. The van der Waals surface area contributed by atoms with Crippen molar-refractivity contribution in [3.63, 3.8) is 0 Å². The molecule has 8 heteroatoms. The smallest absolute Gasteiger partial charge is 0.353 e. The van der Waals surface area contributed by atoms with Gasteiger partial charge in [-0.25, -0.2) is 18.9 Å². The Morgan fingerprint density at radius 3 is 2.69 bits per heavy atom. The first-order valence-corrected chi connectivity index (χ1v) is 9.65.